The van der Waals surface area contributed by atoms with Crippen LogP contribution in [0.25, 0.3) is 0 Å². The highest BCUT2D eigenvalue weighted by Gasteiger charge is 2.07. The summed E-state index contributed by atoms with van der Waals surface area (Å²) in [5.41, 5.74) is 12.0. The highest BCUT2D eigenvalue weighted by molar-refractivity contribution is 4.68. The molecule has 2 atom stereocenters. The van der Waals surface area contributed by atoms with E-state index in [1.54, 1.807) is 0 Å². The van der Waals surface area contributed by atoms with Gasteiger partial charge in [-0.25, -0.2) is 0 Å². The Hall–Kier alpha value is -0.0800. The number of rotatable bonds is 0. The summed E-state index contributed by atoms with van der Waals surface area (Å²) < 4.78 is 0. The lowest BCUT2D eigenvalue weighted by Crippen LogP contribution is -2.22. The molecule has 0 amide bonds. The normalized spacial score (nSPS) is 33.7. The topological polar surface area (TPSA) is 52.0 Å². The third kappa shape index (κ3) is 5.27. The minimum Gasteiger partial charge on any atom is -0.328 e. The first-order valence-corrected chi connectivity index (χ1v) is 5.80. The second-order valence-electron chi connectivity index (χ2n) is 4.44. The number of hydrogen-bond acceptors (Lipinski definition) is 2. The van der Waals surface area contributed by atoms with E-state index in [2.05, 4.69) is 0 Å². The van der Waals surface area contributed by atoms with Gasteiger partial charge in [-0.3, -0.25) is 0 Å². The van der Waals surface area contributed by atoms with Crippen LogP contribution >= 0.6 is 0 Å². The average molecular weight is 184 g/mol. The molecule has 0 saturated heterocycles. The Balaban J connectivity index is 2.23. The van der Waals surface area contributed by atoms with Gasteiger partial charge in [0.25, 0.3) is 0 Å². The minimum atomic E-state index is 0.435. The van der Waals surface area contributed by atoms with Crippen LogP contribution in [-0.2, 0) is 0 Å². The maximum atomic E-state index is 5.98. The predicted molar refractivity (Wildman–Crippen MR) is 57.5 cm³/mol. The van der Waals surface area contributed by atoms with E-state index in [1.165, 1.54) is 57.8 Å². The van der Waals surface area contributed by atoms with Gasteiger partial charge in [-0.05, 0) is 25.7 Å². The first-order chi connectivity index (χ1) is 6.29. The molecule has 0 spiro atoms. The van der Waals surface area contributed by atoms with Crippen LogP contribution in [0.5, 0.6) is 0 Å². The van der Waals surface area contributed by atoms with Gasteiger partial charge in [0.15, 0.2) is 0 Å². The summed E-state index contributed by atoms with van der Waals surface area (Å²) in [5, 5.41) is 0. The van der Waals surface area contributed by atoms with Crippen molar-refractivity contribution in [1.29, 1.82) is 0 Å². The zero-order chi connectivity index (χ0) is 9.52. The van der Waals surface area contributed by atoms with Gasteiger partial charge < -0.3 is 11.5 Å². The summed E-state index contributed by atoms with van der Waals surface area (Å²) in [6.07, 6.45) is 11.3. The van der Waals surface area contributed by atoms with E-state index < -0.39 is 0 Å². The van der Waals surface area contributed by atoms with Crippen LogP contribution in [0.3, 0.4) is 0 Å². The Labute approximate surface area is 82.1 Å². The first kappa shape index (κ1) is 11.0. The summed E-state index contributed by atoms with van der Waals surface area (Å²) in [6, 6.07) is 0.871. The molecule has 2 nitrogen and oxygen atoms in total. The van der Waals surface area contributed by atoms with Crippen molar-refractivity contribution in [1.82, 2.24) is 0 Å². The van der Waals surface area contributed by atoms with Crippen LogP contribution in [0.2, 0.25) is 0 Å². The molecule has 1 saturated carbocycles. The maximum Gasteiger partial charge on any atom is 0.00388 e. The zero-order valence-corrected chi connectivity index (χ0v) is 8.67. The molecule has 0 heterocycles. The van der Waals surface area contributed by atoms with E-state index in [4.69, 9.17) is 11.5 Å². The molecule has 0 aromatic rings. The van der Waals surface area contributed by atoms with Crippen molar-refractivity contribution in [3.63, 3.8) is 0 Å². The lowest BCUT2D eigenvalue weighted by molar-refractivity contribution is 0.488. The highest BCUT2D eigenvalue weighted by Crippen LogP contribution is 2.15. The van der Waals surface area contributed by atoms with Crippen molar-refractivity contribution in [2.24, 2.45) is 11.5 Å². The van der Waals surface area contributed by atoms with Crippen molar-refractivity contribution in [3.8, 4) is 0 Å². The molecule has 2 heteroatoms. The van der Waals surface area contributed by atoms with Crippen LogP contribution in [0, 0.1) is 0 Å². The molecular weight excluding hydrogens is 160 g/mol. The van der Waals surface area contributed by atoms with Gasteiger partial charge in [-0.2, -0.15) is 0 Å². The molecule has 2 unspecified atom stereocenters. The summed E-state index contributed by atoms with van der Waals surface area (Å²) >= 11 is 0. The van der Waals surface area contributed by atoms with E-state index in [9.17, 15) is 0 Å². The second-order valence-corrected chi connectivity index (χ2v) is 4.44. The molecule has 0 aliphatic heterocycles. The number of hydrogen-bond donors (Lipinski definition) is 2. The molecule has 0 radical (unpaired) electrons. The van der Waals surface area contributed by atoms with Gasteiger partial charge in [0.05, 0.1) is 0 Å². The largest absolute Gasteiger partial charge is 0.328 e. The molecular formula is C11H24N2. The third-order valence-corrected chi connectivity index (χ3v) is 3.05. The van der Waals surface area contributed by atoms with Gasteiger partial charge in [-0.1, -0.05) is 32.1 Å². The standard InChI is InChI=1S/C11H24N2/c12-10-6-3-1-2-4-7-11(13)9-5-8-10/h10-11H,1-9,12-13H2. The highest BCUT2D eigenvalue weighted by atomic mass is 14.6. The van der Waals surface area contributed by atoms with Crippen LogP contribution < -0.4 is 11.5 Å². The molecule has 0 bridgehead atoms. The van der Waals surface area contributed by atoms with E-state index in [1.807, 2.05) is 0 Å². The number of nitrogens with two attached hydrogens (primary N) is 2. The molecule has 13 heavy (non-hydrogen) atoms. The van der Waals surface area contributed by atoms with E-state index >= 15 is 0 Å². The molecule has 78 valence electrons. The van der Waals surface area contributed by atoms with Crippen LogP contribution in [-0.4, -0.2) is 12.1 Å². The van der Waals surface area contributed by atoms with Crippen LogP contribution in [0.1, 0.15) is 57.8 Å². The molecule has 0 aromatic carbocycles. The Morgan fingerprint density at radius 3 is 1.38 bits per heavy atom. The van der Waals surface area contributed by atoms with Crippen molar-refractivity contribution in [2.45, 2.75) is 69.9 Å². The molecule has 0 aromatic heterocycles. The van der Waals surface area contributed by atoms with Gasteiger partial charge in [0.1, 0.15) is 0 Å². The quantitative estimate of drug-likeness (QED) is 0.606. The molecule has 1 aliphatic rings. The molecule has 1 aliphatic carbocycles. The van der Waals surface area contributed by atoms with E-state index in [0.717, 1.165) is 0 Å². The monoisotopic (exact) mass is 184 g/mol. The summed E-state index contributed by atoms with van der Waals surface area (Å²) in [4.78, 5) is 0. The van der Waals surface area contributed by atoms with Gasteiger partial charge in [0.2, 0.25) is 0 Å². The van der Waals surface area contributed by atoms with Crippen LogP contribution in [0.15, 0.2) is 0 Å². The first-order valence-electron chi connectivity index (χ1n) is 5.80. The molecule has 4 N–H and O–H groups in total. The minimum absolute atomic E-state index is 0.435. The predicted octanol–water partition coefficient (Wildman–Crippen LogP) is 2.17. The smallest absolute Gasteiger partial charge is 0.00388 e. The van der Waals surface area contributed by atoms with Crippen LogP contribution in [0.4, 0.5) is 0 Å². The Morgan fingerprint density at radius 2 is 0.923 bits per heavy atom. The van der Waals surface area contributed by atoms with Crippen molar-refractivity contribution in [3.05, 3.63) is 0 Å². The lowest BCUT2D eigenvalue weighted by atomic mass is 10.0. The van der Waals surface area contributed by atoms with Gasteiger partial charge >= 0.3 is 0 Å². The van der Waals surface area contributed by atoms with Crippen molar-refractivity contribution >= 4 is 0 Å². The summed E-state index contributed by atoms with van der Waals surface area (Å²) in [5.74, 6) is 0. The average Bonchev–Trinajstić information content (AvgIpc) is 2.13. The Kier molecular flexibility index (Phi) is 5.40. The van der Waals surface area contributed by atoms with Gasteiger partial charge in [0, 0.05) is 12.1 Å². The van der Waals surface area contributed by atoms with E-state index in [0.29, 0.717) is 12.1 Å². The third-order valence-electron chi connectivity index (χ3n) is 3.05. The fourth-order valence-electron chi connectivity index (χ4n) is 2.10. The Bertz CT molecular complexity index is 111. The fourth-order valence-corrected chi connectivity index (χ4v) is 2.10. The Morgan fingerprint density at radius 1 is 0.538 bits per heavy atom. The summed E-state index contributed by atoms with van der Waals surface area (Å²) in [7, 11) is 0. The SMILES string of the molecule is NC1CCCCCCC(N)CCC1. The second kappa shape index (κ2) is 6.39. The molecule has 1 rings (SSSR count). The zero-order valence-electron chi connectivity index (χ0n) is 8.67. The maximum absolute atomic E-state index is 5.98. The van der Waals surface area contributed by atoms with Crippen molar-refractivity contribution in [2.75, 3.05) is 0 Å². The summed E-state index contributed by atoms with van der Waals surface area (Å²) in [6.45, 7) is 0. The van der Waals surface area contributed by atoms with Crippen molar-refractivity contribution < 1.29 is 0 Å². The van der Waals surface area contributed by atoms with E-state index in [-0.39, 0.29) is 0 Å². The fraction of sp³-hybridized carbons (Fsp3) is 1.00. The lowest BCUT2D eigenvalue weighted by Gasteiger charge is -2.12. The molecule has 1 fully saturated rings. The van der Waals surface area contributed by atoms with Gasteiger partial charge in [-0.15, -0.1) is 0 Å².